The van der Waals surface area contributed by atoms with E-state index >= 15 is 0 Å². The molecule has 3 atom stereocenters. The number of ketones is 1. The summed E-state index contributed by atoms with van der Waals surface area (Å²) in [5.74, 6) is 2.67. The van der Waals surface area contributed by atoms with Crippen LogP contribution in [0.4, 0.5) is 0 Å². The van der Waals surface area contributed by atoms with Gasteiger partial charge in [-0.15, -0.1) is 0 Å². The van der Waals surface area contributed by atoms with Crippen molar-refractivity contribution in [2.75, 3.05) is 13.7 Å². The van der Waals surface area contributed by atoms with Gasteiger partial charge in [0.05, 0.1) is 13.2 Å². The fraction of sp³-hybridized carbons (Fsp3) is 0.632. The van der Waals surface area contributed by atoms with Crippen molar-refractivity contribution in [3.05, 3.63) is 29.8 Å². The minimum absolute atomic E-state index is 0.0448. The Kier molecular flexibility index (Phi) is 6.01. The highest BCUT2D eigenvalue weighted by molar-refractivity contribution is 5.97. The van der Waals surface area contributed by atoms with Crippen molar-refractivity contribution >= 4 is 5.78 Å². The van der Waals surface area contributed by atoms with E-state index < -0.39 is 0 Å². The SMILES string of the molecule is COc1ccc(C(=O)CO[C@@H]2C[C@H](C)CC[C@H]2C(C)C)cc1. The molecule has 0 heterocycles. The molecule has 1 saturated carbocycles. The smallest absolute Gasteiger partial charge is 0.188 e. The molecule has 0 bridgehead atoms. The number of ether oxygens (including phenoxy) is 2. The second kappa shape index (κ2) is 7.77. The van der Waals surface area contributed by atoms with Crippen LogP contribution >= 0.6 is 0 Å². The number of rotatable bonds is 6. The molecule has 1 aromatic carbocycles. The third-order valence-electron chi connectivity index (χ3n) is 4.80. The lowest BCUT2D eigenvalue weighted by Gasteiger charge is -2.37. The summed E-state index contributed by atoms with van der Waals surface area (Å²) in [7, 11) is 1.62. The Morgan fingerprint density at radius 3 is 2.50 bits per heavy atom. The zero-order valence-corrected chi connectivity index (χ0v) is 14.2. The normalized spacial score (nSPS) is 25.2. The average molecular weight is 304 g/mol. The molecule has 0 aromatic heterocycles. The monoisotopic (exact) mass is 304 g/mol. The zero-order chi connectivity index (χ0) is 16.1. The van der Waals surface area contributed by atoms with Gasteiger partial charge in [0, 0.05) is 5.56 Å². The minimum Gasteiger partial charge on any atom is -0.497 e. The summed E-state index contributed by atoms with van der Waals surface area (Å²) >= 11 is 0. The lowest BCUT2D eigenvalue weighted by molar-refractivity contribution is -0.0309. The van der Waals surface area contributed by atoms with E-state index in [9.17, 15) is 4.79 Å². The lowest BCUT2D eigenvalue weighted by Crippen LogP contribution is -2.35. The van der Waals surface area contributed by atoms with Crippen LogP contribution in [0, 0.1) is 17.8 Å². The third kappa shape index (κ3) is 4.33. The molecule has 22 heavy (non-hydrogen) atoms. The van der Waals surface area contributed by atoms with E-state index in [0.717, 1.165) is 12.2 Å². The molecule has 3 heteroatoms. The first kappa shape index (κ1) is 17.0. The molecular formula is C19H28O3. The molecule has 1 aliphatic rings. The fourth-order valence-corrected chi connectivity index (χ4v) is 3.35. The number of methoxy groups -OCH3 is 1. The molecule has 0 radical (unpaired) electrons. The highest BCUT2D eigenvalue weighted by atomic mass is 16.5. The van der Waals surface area contributed by atoms with E-state index in [4.69, 9.17) is 9.47 Å². The molecule has 1 aliphatic carbocycles. The third-order valence-corrected chi connectivity index (χ3v) is 4.80. The Bertz CT molecular complexity index is 478. The number of hydrogen-bond acceptors (Lipinski definition) is 3. The molecule has 0 unspecified atom stereocenters. The van der Waals surface area contributed by atoms with Crippen LogP contribution in [-0.4, -0.2) is 25.6 Å². The molecular weight excluding hydrogens is 276 g/mol. The molecule has 122 valence electrons. The number of carbonyl (C=O) groups is 1. The van der Waals surface area contributed by atoms with Crippen molar-refractivity contribution in [2.45, 2.75) is 46.1 Å². The highest BCUT2D eigenvalue weighted by Gasteiger charge is 2.31. The minimum atomic E-state index is 0.0448. The van der Waals surface area contributed by atoms with Crippen molar-refractivity contribution in [3.63, 3.8) is 0 Å². The van der Waals surface area contributed by atoms with E-state index in [0.29, 0.717) is 23.3 Å². The highest BCUT2D eigenvalue weighted by Crippen LogP contribution is 2.35. The summed E-state index contributed by atoms with van der Waals surface area (Å²) in [4.78, 5) is 12.3. The van der Waals surface area contributed by atoms with Gasteiger partial charge < -0.3 is 9.47 Å². The summed E-state index contributed by atoms with van der Waals surface area (Å²) in [6.45, 7) is 6.95. The van der Waals surface area contributed by atoms with Gasteiger partial charge in [0.2, 0.25) is 0 Å². The number of hydrogen-bond donors (Lipinski definition) is 0. The Morgan fingerprint density at radius 1 is 1.23 bits per heavy atom. The summed E-state index contributed by atoms with van der Waals surface area (Å²) in [5.41, 5.74) is 0.686. The maximum absolute atomic E-state index is 12.3. The Balaban J connectivity index is 1.93. The molecule has 2 rings (SSSR count). The van der Waals surface area contributed by atoms with Crippen molar-refractivity contribution in [1.82, 2.24) is 0 Å². The first-order chi connectivity index (χ1) is 10.5. The summed E-state index contributed by atoms with van der Waals surface area (Å²) in [5, 5.41) is 0. The van der Waals surface area contributed by atoms with Crippen LogP contribution in [0.2, 0.25) is 0 Å². The van der Waals surface area contributed by atoms with E-state index in [-0.39, 0.29) is 18.5 Å². The Morgan fingerprint density at radius 2 is 1.91 bits per heavy atom. The van der Waals surface area contributed by atoms with Gasteiger partial charge in [-0.3, -0.25) is 4.79 Å². The van der Waals surface area contributed by atoms with Gasteiger partial charge in [0.25, 0.3) is 0 Å². The standard InChI is InChI=1S/C19H28O3/c1-13(2)17-10-5-14(3)11-19(17)22-12-18(20)15-6-8-16(21-4)9-7-15/h6-9,13-14,17,19H,5,10-12H2,1-4H3/t14-,17+,19-/m1/s1. The van der Waals surface area contributed by atoms with Crippen LogP contribution in [0.5, 0.6) is 5.75 Å². The molecule has 3 nitrogen and oxygen atoms in total. The predicted octanol–water partition coefficient (Wildman–Crippen LogP) is 4.36. The quantitative estimate of drug-likeness (QED) is 0.733. The Labute approximate surface area is 134 Å². The van der Waals surface area contributed by atoms with Crippen LogP contribution in [-0.2, 0) is 4.74 Å². The first-order valence-electron chi connectivity index (χ1n) is 8.30. The number of carbonyl (C=O) groups excluding carboxylic acids is 1. The van der Waals surface area contributed by atoms with Gasteiger partial charge >= 0.3 is 0 Å². The second-order valence-corrected chi connectivity index (χ2v) is 6.83. The number of Topliss-reactive ketones (excluding diaryl/α,β-unsaturated/α-hetero) is 1. The van der Waals surface area contributed by atoms with Gasteiger partial charge in [-0.05, 0) is 54.9 Å². The maximum Gasteiger partial charge on any atom is 0.188 e. The predicted molar refractivity (Wildman–Crippen MR) is 88.4 cm³/mol. The first-order valence-corrected chi connectivity index (χ1v) is 8.30. The average Bonchev–Trinajstić information content (AvgIpc) is 2.52. The maximum atomic E-state index is 12.3. The summed E-state index contributed by atoms with van der Waals surface area (Å²) in [6.07, 6.45) is 3.76. The second-order valence-electron chi connectivity index (χ2n) is 6.83. The van der Waals surface area contributed by atoms with Crippen molar-refractivity contribution in [2.24, 2.45) is 17.8 Å². The molecule has 1 fully saturated rings. The topological polar surface area (TPSA) is 35.5 Å². The largest absolute Gasteiger partial charge is 0.497 e. The summed E-state index contributed by atoms with van der Waals surface area (Å²) < 4.78 is 11.1. The van der Waals surface area contributed by atoms with Crippen LogP contribution < -0.4 is 4.74 Å². The van der Waals surface area contributed by atoms with Gasteiger partial charge in [-0.1, -0.05) is 27.2 Å². The summed E-state index contributed by atoms with van der Waals surface area (Å²) in [6, 6.07) is 7.22. The van der Waals surface area contributed by atoms with Gasteiger partial charge in [-0.25, -0.2) is 0 Å². The zero-order valence-electron chi connectivity index (χ0n) is 14.2. The molecule has 0 N–H and O–H groups in total. The van der Waals surface area contributed by atoms with Crippen molar-refractivity contribution < 1.29 is 14.3 Å². The van der Waals surface area contributed by atoms with E-state index in [1.807, 2.05) is 12.1 Å². The van der Waals surface area contributed by atoms with Crippen LogP contribution in [0.3, 0.4) is 0 Å². The van der Waals surface area contributed by atoms with Crippen LogP contribution in [0.1, 0.15) is 50.4 Å². The Hall–Kier alpha value is -1.35. The molecule has 0 spiro atoms. The van der Waals surface area contributed by atoms with Gasteiger partial charge in [0.15, 0.2) is 5.78 Å². The molecule has 0 aliphatic heterocycles. The fourth-order valence-electron chi connectivity index (χ4n) is 3.35. The van der Waals surface area contributed by atoms with Crippen molar-refractivity contribution in [1.29, 1.82) is 0 Å². The van der Waals surface area contributed by atoms with E-state index in [1.165, 1.54) is 12.8 Å². The van der Waals surface area contributed by atoms with Crippen molar-refractivity contribution in [3.8, 4) is 5.75 Å². The van der Waals surface area contributed by atoms with Gasteiger partial charge in [0.1, 0.15) is 12.4 Å². The van der Waals surface area contributed by atoms with E-state index in [2.05, 4.69) is 20.8 Å². The van der Waals surface area contributed by atoms with Crippen LogP contribution in [0.25, 0.3) is 0 Å². The van der Waals surface area contributed by atoms with Crippen LogP contribution in [0.15, 0.2) is 24.3 Å². The molecule has 1 aromatic rings. The molecule has 0 saturated heterocycles. The van der Waals surface area contributed by atoms with Gasteiger partial charge in [-0.2, -0.15) is 0 Å². The molecule has 0 amide bonds. The number of benzene rings is 1. The van der Waals surface area contributed by atoms with E-state index in [1.54, 1.807) is 19.2 Å². The lowest BCUT2D eigenvalue weighted by atomic mass is 9.75.